The van der Waals surface area contributed by atoms with Gasteiger partial charge < -0.3 is 10.9 Å². The van der Waals surface area contributed by atoms with Crippen LogP contribution in [0.4, 0.5) is 0 Å². The predicted molar refractivity (Wildman–Crippen MR) is 77.7 cm³/mol. The molecule has 0 aromatic carbocycles. The number of aromatic nitrogens is 1. The van der Waals surface area contributed by atoms with Gasteiger partial charge in [-0.05, 0) is 30.5 Å². The van der Waals surface area contributed by atoms with Gasteiger partial charge in [-0.3, -0.25) is 14.6 Å². The van der Waals surface area contributed by atoms with Crippen molar-refractivity contribution in [2.24, 2.45) is 0 Å². The van der Waals surface area contributed by atoms with Crippen LogP contribution in [0.2, 0.25) is 0 Å². The van der Waals surface area contributed by atoms with Crippen molar-refractivity contribution in [2.45, 2.75) is 0 Å². The molecule has 111 valence electrons. The number of halogens is 2. The molecule has 21 heavy (non-hydrogen) atoms. The van der Waals surface area contributed by atoms with Gasteiger partial charge in [-0.1, -0.05) is 23.2 Å². The summed E-state index contributed by atoms with van der Waals surface area (Å²) in [5.41, 5.74) is 6.91. The number of allylic oxidation sites excluding steroid dienone is 5. The van der Waals surface area contributed by atoms with E-state index in [1.54, 1.807) is 12.1 Å². The Balaban J connectivity index is 0.00000220. The fourth-order valence-corrected chi connectivity index (χ4v) is 1.93. The van der Waals surface area contributed by atoms with E-state index in [4.69, 9.17) is 23.2 Å². The molecule has 2 N–H and O–H groups in total. The quantitative estimate of drug-likeness (QED) is 0.383. The van der Waals surface area contributed by atoms with Gasteiger partial charge in [-0.25, -0.2) is 0 Å². The van der Waals surface area contributed by atoms with E-state index < -0.39 is 0 Å². The number of ketones is 1. The van der Waals surface area contributed by atoms with Gasteiger partial charge in [0.25, 0.3) is 5.91 Å². The van der Waals surface area contributed by atoms with Crippen LogP contribution in [0.1, 0.15) is 5.56 Å². The molecule has 1 amide bonds. The third-order valence-electron chi connectivity index (χ3n) is 2.37. The number of pyridine rings is 1. The summed E-state index contributed by atoms with van der Waals surface area (Å²) in [7, 11) is 0. The third kappa shape index (κ3) is 4.72. The van der Waals surface area contributed by atoms with Gasteiger partial charge in [-0.2, -0.15) is 0 Å². The van der Waals surface area contributed by atoms with E-state index in [-0.39, 0.29) is 39.4 Å². The second-order valence-corrected chi connectivity index (χ2v) is 4.59. The third-order valence-corrected chi connectivity index (χ3v) is 2.87. The number of carbonyl (C=O) groups is 1. The maximum Gasteiger partial charge on any atom is 2.00 e. The van der Waals surface area contributed by atoms with Crippen molar-refractivity contribution in [1.29, 1.82) is 0 Å². The average molecular weight is 374 g/mol. The summed E-state index contributed by atoms with van der Waals surface area (Å²) in [6, 6.07) is 3.19. The van der Waals surface area contributed by atoms with Crippen molar-refractivity contribution in [3.63, 3.8) is 0 Å². The summed E-state index contributed by atoms with van der Waals surface area (Å²) in [5.74, 6) is -0.605. The molecule has 0 bridgehead atoms. The van der Waals surface area contributed by atoms with Crippen LogP contribution in [-0.2, 0) is 21.9 Å². The second kappa shape index (κ2) is 8.00. The normalized spacial score (nSPS) is 15.7. The zero-order valence-electron chi connectivity index (χ0n) is 10.3. The van der Waals surface area contributed by atoms with Crippen molar-refractivity contribution in [1.82, 2.24) is 10.4 Å². The smallest absolute Gasteiger partial charge is 0.513 e. The summed E-state index contributed by atoms with van der Waals surface area (Å²) in [4.78, 5) is 25.2. The van der Waals surface area contributed by atoms with Crippen LogP contribution >= 0.6 is 23.2 Å². The van der Waals surface area contributed by atoms with Gasteiger partial charge in [0.2, 0.25) is 5.78 Å². The molecule has 0 saturated carbocycles. The molecular weight excluding hydrogens is 365 g/mol. The van der Waals surface area contributed by atoms with E-state index in [2.05, 4.69) is 15.8 Å². The van der Waals surface area contributed by atoms with Crippen molar-refractivity contribution < 1.29 is 26.7 Å². The topological polar surface area (TPSA) is 77.5 Å². The number of nitrogens with zero attached hydrogens (tertiary/aromatic N) is 2. The molecule has 1 heterocycles. The summed E-state index contributed by atoms with van der Waals surface area (Å²) in [6.07, 6.45) is 7.16. The number of rotatable bonds is 3. The predicted octanol–water partition coefficient (Wildman–Crippen LogP) is 2.52. The number of hydrogen-bond donors (Lipinski definition) is 1. The van der Waals surface area contributed by atoms with Crippen LogP contribution in [0.15, 0.2) is 58.5 Å². The number of Topliss-reactive ketones (excluding diaryl/α,β-unsaturated/α-hetero) is 1. The van der Waals surface area contributed by atoms with E-state index in [9.17, 15) is 9.59 Å². The summed E-state index contributed by atoms with van der Waals surface area (Å²) in [5, 5.41) is 0.359. The van der Waals surface area contributed by atoms with Crippen LogP contribution in [0, 0.1) is 0 Å². The Morgan fingerprint density at radius 3 is 2.62 bits per heavy atom. The van der Waals surface area contributed by atoms with Crippen molar-refractivity contribution in [3.8, 4) is 0 Å². The van der Waals surface area contributed by atoms with Gasteiger partial charge >= 0.3 is 17.1 Å². The van der Waals surface area contributed by atoms with E-state index in [0.717, 1.165) is 0 Å². The Morgan fingerprint density at radius 1 is 1.29 bits per heavy atom. The molecule has 1 aromatic heterocycles. The Kier molecular flexibility index (Phi) is 6.65. The molecule has 0 saturated heterocycles. The van der Waals surface area contributed by atoms with Gasteiger partial charge in [0.15, 0.2) is 0 Å². The molecule has 0 unspecified atom stereocenters. The molecule has 0 spiro atoms. The van der Waals surface area contributed by atoms with Gasteiger partial charge in [0.05, 0.1) is 10.6 Å². The van der Waals surface area contributed by atoms with Crippen LogP contribution in [0.25, 0.3) is 5.43 Å². The van der Waals surface area contributed by atoms with Crippen LogP contribution < -0.4 is 5.43 Å². The fraction of sp³-hybridized carbons (Fsp3) is 0. The monoisotopic (exact) mass is 372 g/mol. The fourth-order valence-electron chi connectivity index (χ4n) is 1.42. The SMILES string of the molecule is O=C1C(Cl)=CC(Cl)=CC1=CN[N-]C(=[OH+])c1ccncc1.[Cu+2]. The van der Waals surface area contributed by atoms with Crippen LogP contribution in [0.5, 0.6) is 0 Å². The minimum Gasteiger partial charge on any atom is -0.513 e. The number of nitrogens with one attached hydrogen (secondary N) is 1. The Hall–Kier alpha value is -1.59. The molecule has 1 aliphatic carbocycles. The second-order valence-electron chi connectivity index (χ2n) is 3.75. The summed E-state index contributed by atoms with van der Waals surface area (Å²) in [6.45, 7) is 0. The molecule has 5 nitrogen and oxygen atoms in total. The first-order valence-corrected chi connectivity index (χ1v) is 6.25. The molecule has 0 aliphatic heterocycles. The van der Waals surface area contributed by atoms with Gasteiger partial charge in [0.1, 0.15) is 0 Å². The minimum atomic E-state index is -0.373. The van der Waals surface area contributed by atoms with Crippen LogP contribution in [0.3, 0.4) is 0 Å². The van der Waals surface area contributed by atoms with Gasteiger partial charge in [-0.15, -0.1) is 0 Å². The summed E-state index contributed by atoms with van der Waals surface area (Å²) < 4.78 is 0. The first-order valence-electron chi connectivity index (χ1n) is 5.50. The van der Waals surface area contributed by atoms with Crippen molar-refractivity contribution >= 4 is 34.9 Å². The first kappa shape index (κ1) is 17.5. The molecule has 1 aliphatic rings. The Labute approximate surface area is 141 Å². The number of carbonyl (C=O) groups excluding carboxylic acids is 2. The van der Waals surface area contributed by atoms with Crippen molar-refractivity contribution in [2.75, 3.05) is 0 Å². The zero-order valence-corrected chi connectivity index (χ0v) is 12.8. The van der Waals surface area contributed by atoms with E-state index in [1.165, 1.54) is 30.7 Å². The zero-order chi connectivity index (χ0) is 14.5. The average Bonchev–Trinajstić information content (AvgIpc) is 2.44. The molecule has 0 atom stereocenters. The van der Waals surface area contributed by atoms with E-state index in [1.807, 2.05) is 0 Å². The Bertz CT molecular complexity index is 642. The van der Waals surface area contributed by atoms with Gasteiger partial charge in [0, 0.05) is 23.0 Å². The first-order chi connectivity index (χ1) is 9.58. The molecular formula is C13H9Cl2CuN3O2+2. The molecule has 1 aromatic rings. The van der Waals surface area contributed by atoms with Crippen LogP contribution in [-0.4, -0.2) is 21.5 Å². The Morgan fingerprint density at radius 2 is 1.95 bits per heavy atom. The minimum absolute atomic E-state index is 0. The number of amides is 1. The maximum absolute atomic E-state index is 11.7. The summed E-state index contributed by atoms with van der Waals surface area (Å²) >= 11 is 11.5. The molecule has 1 radical (unpaired) electrons. The van der Waals surface area contributed by atoms with E-state index in [0.29, 0.717) is 10.6 Å². The molecule has 8 heteroatoms. The van der Waals surface area contributed by atoms with Crippen molar-refractivity contribution in [3.05, 3.63) is 69.5 Å². The number of hydrogen-bond acceptors (Lipinski definition) is 3. The maximum atomic E-state index is 11.7. The van der Waals surface area contributed by atoms with E-state index >= 15 is 0 Å². The largest absolute Gasteiger partial charge is 2.00 e. The standard InChI is InChI=1S/C13H9Cl2N3O2.Cu/c14-10-5-9(12(19)11(15)6-10)7-17-18-13(20)8-1-3-16-4-2-8;/h1-7H,(H2,16,17,18,19,20);/q;+2. The molecule has 2 rings (SSSR count). The molecule has 0 fully saturated rings.